The third-order valence-electron chi connectivity index (χ3n) is 2.20. The van der Waals surface area contributed by atoms with Crippen molar-refractivity contribution in [3.63, 3.8) is 0 Å². The zero-order valence-electron chi connectivity index (χ0n) is 9.60. The Kier molecular flexibility index (Phi) is 3.22. The molecule has 0 atom stereocenters. The van der Waals surface area contributed by atoms with Crippen LogP contribution in [0.3, 0.4) is 0 Å². The van der Waals surface area contributed by atoms with Crippen molar-refractivity contribution >= 4 is 27.4 Å². The molecule has 2 N–H and O–H groups in total. The molecule has 9 heteroatoms. The van der Waals surface area contributed by atoms with Crippen LogP contribution >= 0.6 is 11.6 Å². The molecular formula is C9H10ClN5O2S. The molecule has 18 heavy (non-hydrogen) atoms. The van der Waals surface area contributed by atoms with E-state index in [1.807, 2.05) is 0 Å². The minimum atomic E-state index is -3.74. The van der Waals surface area contributed by atoms with Crippen LogP contribution in [0.15, 0.2) is 17.3 Å². The van der Waals surface area contributed by atoms with Crippen molar-refractivity contribution < 1.29 is 8.42 Å². The zero-order chi connectivity index (χ0) is 13.3. The number of halogens is 1. The fourth-order valence-electron chi connectivity index (χ4n) is 1.51. The van der Waals surface area contributed by atoms with Crippen molar-refractivity contribution in [1.82, 2.24) is 20.2 Å². The number of hydrogen-bond acceptors (Lipinski definition) is 5. The molecule has 96 valence electrons. The molecule has 0 saturated heterocycles. The molecule has 0 aromatic carbocycles. The van der Waals surface area contributed by atoms with Gasteiger partial charge in [-0.1, -0.05) is 11.6 Å². The van der Waals surface area contributed by atoms with E-state index in [0.29, 0.717) is 11.4 Å². The average Bonchev–Trinajstić information content (AvgIpc) is 2.58. The van der Waals surface area contributed by atoms with Crippen LogP contribution in [0.1, 0.15) is 11.4 Å². The summed E-state index contributed by atoms with van der Waals surface area (Å²) in [5.74, 6) is 0.106. The summed E-state index contributed by atoms with van der Waals surface area (Å²) < 4.78 is 26.6. The summed E-state index contributed by atoms with van der Waals surface area (Å²) in [5.41, 5.74) is 0.848. The lowest BCUT2D eigenvalue weighted by Crippen LogP contribution is -2.15. The number of nitrogens with zero attached hydrogens (tertiary/aromatic N) is 3. The van der Waals surface area contributed by atoms with E-state index >= 15 is 0 Å². The van der Waals surface area contributed by atoms with Crippen LogP contribution < -0.4 is 4.72 Å². The first kappa shape index (κ1) is 12.8. The fourth-order valence-corrected chi connectivity index (χ4v) is 3.03. The molecule has 0 aliphatic carbocycles. The second kappa shape index (κ2) is 4.54. The maximum Gasteiger partial charge on any atom is 0.266 e. The first-order valence-corrected chi connectivity index (χ1v) is 6.78. The molecule has 0 bridgehead atoms. The molecule has 0 aliphatic rings. The van der Waals surface area contributed by atoms with Gasteiger partial charge in [-0.15, -0.1) is 0 Å². The zero-order valence-corrected chi connectivity index (χ0v) is 11.2. The third-order valence-corrected chi connectivity index (χ3v) is 4.03. The first-order chi connectivity index (χ1) is 8.40. The number of aryl methyl sites for hydroxylation is 2. The summed E-state index contributed by atoms with van der Waals surface area (Å²) in [7, 11) is -3.74. The van der Waals surface area contributed by atoms with Crippen LogP contribution in [0.2, 0.25) is 5.15 Å². The number of nitrogens with one attached hydrogen (secondary N) is 2. The topological polar surface area (TPSA) is 101 Å². The molecule has 0 aliphatic heterocycles. The van der Waals surface area contributed by atoms with Gasteiger partial charge in [-0.25, -0.2) is 18.4 Å². The van der Waals surface area contributed by atoms with Gasteiger partial charge < -0.3 is 0 Å². The van der Waals surface area contributed by atoms with Gasteiger partial charge in [-0.3, -0.25) is 9.82 Å². The normalized spacial score (nSPS) is 11.5. The van der Waals surface area contributed by atoms with Crippen LogP contribution in [-0.2, 0) is 10.0 Å². The molecule has 2 heterocycles. The highest BCUT2D eigenvalue weighted by atomic mass is 35.5. The maximum absolute atomic E-state index is 12.1. The smallest absolute Gasteiger partial charge is 0.266 e. The molecule has 2 rings (SSSR count). The van der Waals surface area contributed by atoms with Crippen molar-refractivity contribution in [3.05, 3.63) is 28.9 Å². The van der Waals surface area contributed by atoms with Gasteiger partial charge in [0, 0.05) is 6.07 Å². The van der Waals surface area contributed by atoms with Crippen LogP contribution in [-0.4, -0.2) is 28.6 Å². The average molecular weight is 288 g/mol. The molecule has 0 spiro atoms. The molecule has 0 amide bonds. The van der Waals surface area contributed by atoms with Gasteiger partial charge in [-0.2, -0.15) is 5.10 Å². The van der Waals surface area contributed by atoms with Gasteiger partial charge in [-0.05, 0) is 13.8 Å². The molecule has 2 aromatic rings. The highest BCUT2D eigenvalue weighted by Crippen LogP contribution is 2.20. The SMILES string of the molecule is Cc1n[nH]c(C)c1S(=O)(=O)Nc1cc(Cl)ncn1. The van der Waals surface area contributed by atoms with Crippen LogP contribution in [0.25, 0.3) is 0 Å². The predicted molar refractivity (Wildman–Crippen MR) is 65.9 cm³/mol. The summed E-state index contributed by atoms with van der Waals surface area (Å²) in [5, 5.41) is 6.61. The highest BCUT2D eigenvalue weighted by molar-refractivity contribution is 7.92. The predicted octanol–water partition coefficient (Wildman–Crippen LogP) is 1.27. The molecule has 2 aromatic heterocycles. The Morgan fingerprint density at radius 2 is 2.06 bits per heavy atom. The van der Waals surface area contributed by atoms with E-state index in [9.17, 15) is 8.42 Å². The standard InChI is InChI=1S/C9H10ClN5O2S/c1-5-9(6(2)14-13-5)18(16,17)15-8-3-7(10)11-4-12-8/h3-4H,1-2H3,(H,13,14)(H,11,12,15). The minimum absolute atomic E-state index is 0.106. The summed E-state index contributed by atoms with van der Waals surface area (Å²) in [4.78, 5) is 7.55. The Hall–Kier alpha value is -1.67. The van der Waals surface area contributed by atoms with E-state index in [4.69, 9.17) is 11.6 Å². The number of anilines is 1. The van der Waals surface area contributed by atoms with E-state index in [1.54, 1.807) is 13.8 Å². The Labute approximate surface area is 109 Å². The number of aromatic amines is 1. The lowest BCUT2D eigenvalue weighted by Gasteiger charge is -2.06. The van der Waals surface area contributed by atoms with Crippen LogP contribution in [0.5, 0.6) is 0 Å². The van der Waals surface area contributed by atoms with Gasteiger partial charge in [0.1, 0.15) is 22.2 Å². The van der Waals surface area contributed by atoms with Gasteiger partial charge in [0.2, 0.25) is 0 Å². The Bertz CT molecular complexity index is 663. The Balaban J connectivity index is 2.39. The summed E-state index contributed by atoms with van der Waals surface area (Å²) >= 11 is 5.66. The second-order valence-electron chi connectivity index (χ2n) is 3.59. The van der Waals surface area contributed by atoms with Gasteiger partial charge in [0.25, 0.3) is 10.0 Å². The fraction of sp³-hybridized carbons (Fsp3) is 0.222. The molecule has 0 saturated carbocycles. The van der Waals surface area contributed by atoms with E-state index < -0.39 is 10.0 Å². The van der Waals surface area contributed by atoms with Crippen molar-refractivity contribution in [3.8, 4) is 0 Å². The van der Waals surface area contributed by atoms with Crippen molar-refractivity contribution in [2.45, 2.75) is 18.7 Å². The molecule has 0 unspecified atom stereocenters. The summed E-state index contributed by atoms with van der Waals surface area (Å²) in [6, 6.07) is 1.32. The molecular weight excluding hydrogens is 278 g/mol. The molecule has 0 radical (unpaired) electrons. The van der Waals surface area contributed by atoms with E-state index in [1.165, 1.54) is 12.4 Å². The molecule has 0 fully saturated rings. The van der Waals surface area contributed by atoms with Crippen LogP contribution in [0.4, 0.5) is 5.82 Å². The minimum Gasteiger partial charge on any atom is -0.281 e. The van der Waals surface area contributed by atoms with Gasteiger partial charge in [0.15, 0.2) is 0 Å². The number of H-pyrrole nitrogens is 1. The van der Waals surface area contributed by atoms with Crippen molar-refractivity contribution in [2.24, 2.45) is 0 Å². The van der Waals surface area contributed by atoms with E-state index in [0.717, 1.165) is 0 Å². The van der Waals surface area contributed by atoms with Crippen molar-refractivity contribution in [1.29, 1.82) is 0 Å². The lowest BCUT2D eigenvalue weighted by molar-refractivity contribution is 0.600. The highest BCUT2D eigenvalue weighted by Gasteiger charge is 2.22. The summed E-state index contributed by atoms with van der Waals surface area (Å²) in [6.07, 6.45) is 1.18. The van der Waals surface area contributed by atoms with Crippen molar-refractivity contribution in [2.75, 3.05) is 4.72 Å². The summed E-state index contributed by atoms with van der Waals surface area (Å²) in [6.45, 7) is 3.23. The number of aromatic nitrogens is 4. The van der Waals surface area contributed by atoms with Crippen LogP contribution in [0, 0.1) is 13.8 Å². The van der Waals surface area contributed by atoms with E-state index in [2.05, 4.69) is 24.9 Å². The number of hydrogen-bond donors (Lipinski definition) is 2. The van der Waals surface area contributed by atoms with E-state index in [-0.39, 0.29) is 15.9 Å². The number of rotatable bonds is 3. The number of sulfonamides is 1. The maximum atomic E-state index is 12.1. The van der Waals surface area contributed by atoms with Gasteiger partial charge >= 0.3 is 0 Å². The monoisotopic (exact) mass is 287 g/mol. The quantitative estimate of drug-likeness (QED) is 0.828. The third kappa shape index (κ3) is 2.44. The second-order valence-corrected chi connectivity index (χ2v) is 5.60. The largest absolute Gasteiger partial charge is 0.281 e. The lowest BCUT2D eigenvalue weighted by atomic mass is 10.4. The molecule has 7 nitrogen and oxygen atoms in total. The Morgan fingerprint density at radius 1 is 1.33 bits per heavy atom. The first-order valence-electron chi connectivity index (χ1n) is 4.92. The van der Waals surface area contributed by atoms with Gasteiger partial charge in [0.05, 0.1) is 11.4 Å². The Morgan fingerprint density at radius 3 is 2.61 bits per heavy atom.